The van der Waals surface area contributed by atoms with E-state index in [1.54, 1.807) is 0 Å². The monoisotopic (exact) mass is 214 g/mol. The van der Waals surface area contributed by atoms with Crippen molar-refractivity contribution in [1.82, 2.24) is 5.32 Å². The number of carbonyl (C=O) groups is 1. The summed E-state index contributed by atoms with van der Waals surface area (Å²) in [7, 11) is 0. The fourth-order valence-electron chi connectivity index (χ4n) is 1.63. The Bertz CT molecular complexity index is 211. The second-order valence-electron chi connectivity index (χ2n) is 5.00. The Kier molecular flexibility index (Phi) is 4.54. The first-order valence-corrected chi connectivity index (χ1v) is 5.61. The van der Waals surface area contributed by atoms with Crippen molar-refractivity contribution in [2.45, 2.75) is 39.2 Å². The van der Waals surface area contributed by atoms with Crippen molar-refractivity contribution in [3.8, 4) is 0 Å². The first kappa shape index (κ1) is 12.5. The van der Waals surface area contributed by atoms with Gasteiger partial charge in [-0.25, -0.2) is 0 Å². The highest BCUT2D eigenvalue weighted by Crippen LogP contribution is 2.18. The molecule has 4 nitrogen and oxygen atoms in total. The Hall–Kier alpha value is -0.610. The van der Waals surface area contributed by atoms with E-state index in [-0.39, 0.29) is 11.3 Å². The molecule has 1 fully saturated rings. The molecule has 4 heteroatoms. The fourth-order valence-corrected chi connectivity index (χ4v) is 1.63. The highest BCUT2D eigenvalue weighted by atomic mass is 16.5. The second-order valence-corrected chi connectivity index (χ2v) is 5.00. The van der Waals surface area contributed by atoms with Crippen LogP contribution in [0.15, 0.2) is 0 Å². The van der Waals surface area contributed by atoms with Crippen LogP contribution in [0.3, 0.4) is 0 Å². The Morgan fingerprint density at radius 3 is 2.60 bits per heavy atom. The lowest BCUT2D eigenvalue weighted by Crippen LogP contribution is -2.41. The van der Waals surface area contributed by atoms with Crippen LogP contribution in [0.1, 0.15) is 33.1 Å². The standard InChI is InChI=1S/C11H22N2O2/c1-11(2,8-12)7-10(14)13-9-3-5-15-6-4-9/h9H,3-8,12H2,1-2H3,(H,13,14). The van der Waals surface area contributed by atoms with Gasteiger partial charge in [-0.05, 0) is 24.8 Å². The van der Waals surface area contributed by atoms with Gasteiger partial charge >= 0.3 is 0 Å². The van der Waals surface area contributed by atoms with Crippen LogP contribution in [0.25, 0.3) is 0 Å². The van der Waals surface area contributed by atoms with Gasteiger partial charge in [-0.1, -0.05) is 13.8 Å². The molecule has 88 valence electrons. The summed E-state index contributed by atoms with van der Waals surface area (Å²) < 4.78 is 5.23. The molecular formula is C11H22N2O2. The van der Waals surface area contributed by atoms with E-state index >= 15 is 0 Å². The molecule has 0 spiro atoms. The predicted octanol–water partition coefficient (Wildman–Crippen LogP) is 0.657. The molecule has 1 aliphatic rings. The van der Waals surface area contributed by atoms with Gasteiger partial charge in [0, 0.05) is 25.7 Å². The van der Waals surface area contributed by atoms with Crippen molar-refractivity contribution < 1.29 is 9.53 Å². The summed E-state index contributed by atoms with van der Waals surface area (Å²) in [6.45, 7) is 6.07. The predicted molar refractivity (Wildman–Crippen MR) is 59.4 cm³/mol. The van der Waals surface area contributed by atoms with E-state index in [0.29, 0.717) is 19.0 Å². The number of nitrogens with one attached hydrogen (secondary N) is 1. The number of hydrogen-bond donors (Lipinski definition) is 2. The maximum atomic E-state index is 11.7. The van der Waals surface area contributed by atoms with Gasteiger partial charge in [-0.15, -0.1) is 0 Å². The van der Waals surface area contributed by atoms with E-state index in [9.17, 15) is 4.79 Å². The molecule has 1 heterocycles. The zero-order valence-corrected chi connectivity index (χ0v) is 9.71. The van der Waals surface area contributed by atoms with Crippen molar-refractivity contribution in [2.75, 3.05) is 19.8 Å². The first-order chi connectivity index (χ1) is 7.03. The van der Waals surface area contributed by atoms with Crippen molar-refractivity contribution in [2.24, 2.45) is 11.1 Å². The number of carbonyl (C=O) groups excluding carboxylic acids is 1. The van der Waals surface area contributed by atoms with Crippen LogP contribution < -0.4 is 11.1 Å². The number of rotatable bonds is 4. The van der Waals surface area contributed by atoms with E-state index in [2.05, 4.69) is 5.32 Å². The third kappa shape index (κ3) is 4.62. The minimum absolute atomic E-state index is 0.102. The summed E-state index contributed by atoms with van der Waals surface area (Å²) in [5.74, 6) is 0.109. The number of amides is 1. The maximum Gasteiger partial charge on any atom is 0.220 e. The van der Waals surface area contributed by atoms with Crippen LogP contribution in [0, 0.1) is 5.41 Å². The average molecular weight is 214 g/mol. The molecule has 0 atom stereocenters. The lowest BCUT2D eigenvalue weighted by molar-refractivity contribution is -0.124. The molecule has 0 aromatic carbocycles. The van der Waals surface area contributed by atoms with Gasteiger partial charge in [0.15, 0.2) is 0 Å². The van der Waals surface area contributed by atoms with E-state index in [1.807, 2.05) is 13.8 Å². The van der Waals surface area contributed by atoms with E-state index < -0.39 is 0 Å². The second kappa shape index (κ2) is 5.47. The molecule has 0 aromatic rings. The van der Waals surface area contributed by atoms with E-state index in [0.717, 1.165) is 26.1 Å². The summed E-state index contributed by atoms with van der Waals surface area (Å²) in [4.78, 5) is 11.7. The van der Waals surface area contributed by atoms with Gasteiger partial charge in [-0.3, -0.25) is 4.79 Å². The number of ether oxygens (including phenoxy) is 1. The average Bonchev–Trinajstić information content (AvgIpc) is 2.18. The Morgan fingerprint density at radius 2 is 2.07 bits per heavy atom. The summed E-state index contributed by atoms with van der Waals surface area (Å²) in [6, 6.07) is 0.292. The normalized spacial score (nSPS) is 18.9. The van der Waals surface area contributed by atoms with Crippen molar-refractivity contribution >= 4 is 5.91 Å². The smallest absolute Gasteiger partial charge is 0.220 e. The summed E-state index contributed by atoms with van der Waals surface area (Å²) >= 11 is 0. The van der Waals surface area contributed by atoms with Crippen LogP contribution in [0.2, 0.25) is 0 Å². The fraction of sp³-hybridized carbons (Fsp3) is 0.909. The topological polar surface area (TPSA) is 64.4 Å². The molecule has 0 saturated carbocycles. The summed E-state index contributed by atoms with van der Waals surface area (Å²) in [5.41, 5.74) is 5.49. The molecule has 0 aliphatic carbocycles. The number of nitrogens with two attached hydrogens (primary N) is 1. The van der Waals surface area contributed by atoms with Gasteiger partial charge in [0.1, 0.15) is 0 Å². The third-order valence-electron chi connectivity index (χ3n) is 2.78. The molecule has 1 aliphatic heterocycles. The van der Waals surface area contributed by atoms with Gasteiger partial charge in [0.2, 0.25) is 5.91 Å². The van der Waals surface area contributed by atoms with Crippen molar-refractivity contribution in [3.05, 3.63) is 0 Å². The van der Waals surface area contributed by atoms with E-state index in [4.69, 9.17) is 10.5 Å². The maximum absolute atomic E-state index is 11.7. The van der Waals surface area contributed by atoms with Gasteiger partial charge in [0.25, 0.3) is 0 Å². The van der Waals surface area contributed by atoms with Gasteiger partial charge in [-0.2, -0.15) is 0 Å². The largest absolute Gasteiger partial charge is 0.381 e. The number of hydrogen-bond acceptors (Lipinski definition) is 3. The Balaban J connectivity index is 2.28. The molecule has 0 aromatic heterocycles. The van der Waals surface area contributed by atoms with Gasteiger partial charge in [0.05, 0.1) is 0 Å². The minimum atomic E-state index is -0.102. The van der Waals surface area contributed by atoms with Crippen LogP contribution in [-0.2, 0) is 9.53 Å². The van der Waals surface area contributed by atoms with Crippen molar-refractivity contribution in [1.29, 1.82) is 0 Å². The zero-order valence-electron chi connectivity index (χ0n) is 9.71. The SMILES string of the molecule is CC(C)(CN)CC(=O)NC1CCOCC1. The highest BCUT2D eigenvalue weighted by Gasteiger charge is 2.22. The Morgan fingerprint density at radius 1 is 1.47 bits per heavy atom. The quantitative estimate of drug-likeness (QED) is 0.722. The van der Waals surface area contributed by atoms with Crippen LogP contribution >= 0.6 is 0 Å². The third-order valence-corrected chi connectivity index (χ3v) is 2.78. The van der Waals surface area contributed by atoms with E-state index in [1.165, 1.54) is 0 Å². The molecular weight excluding hydrogens is 192 g/mol. The molecule has 1 amide bonds. The van der Waals surface area contributed by atoms with Crippen molar-refractivity contribution in [3.63, 3.8) is 0 Å². The molecule has 0 unspecified atom stereocenters. The van der Waals surface area contributed by atoms with Gasteiger partial charge < -0.3 is 15.8 Å². The summed E-state index contributed by atoms with van der Waals surface area (Å²) in [6.07, 6.45) is 2.35. The highest BCUT2D eigenvalue weighted by molar-refractivity contribution is 5.76. The molecule has 1 rings (SSSR count). The lowest BCUT2D eigenvalue weighted by Gasteiger charge is -2.26. The molecule has 3 N–H and O–H groups in total. The molecule has 0 bridgehead atoms. The zero-order chi connectivity index (χ0) is 11.3. The van der Waals surface area contributed by atoms with Crippen LogP contribution in [0.4, 0.5) is 0 Å². The molecule has 1 saturated heterocycles. The Labute approximate surface area is 91.5 Å². The first-order valence-electron chi connectivity index (χ1n) is 5.61. The lowest BCUT2D eigenvalue weighted by atomic mass is 9.89. The molecule has 15 heavy (non-hydrogen) atoms. The minimum Gasteiger partial charge on any atom is -0.381 e. The van der Waals surface area contributed by atoms with Crippen LogP contribution in [-0.4, -0.2) is 31.7 Å². The molecule has 0 radical (unpaired) electrons. The van der Waals surface area contributed by atoms with Crippen LogP contribution in [0.5, 0.6) is 0 Å². The summed E-state index contributed by atoms with van der Waals surface area (Å²) in [5, 5.41) is 3.03.